The fraction of sp³-hybridized carbons (Fsp3) is 0.550. The van der Waals surface area contributed by atoms with Gasteiger partial charge in [-0.25, -0.2) is 9.97 Å². The quantitative estimate of drug-likeness (QED) is 0.794. The zero-order valence-corrected chi connectivity index (χ0v) is 16.2. The second-order valence-electron chi connectivity index (χ2n) is 7.05. The SMILES string of the molecule is CCc1cc(N(C)CCN2C[C@@H](C)O[C@@H](C)C2)nc(-c2ccccn2)n1. The molecule has 6 heteroatoms. The Labute approximate surface area is 156 Å². The number of aromatic nitrogens is 3. The number of likely N-dealkylation sites (N-methyl/N-ethyl adjacent to an activating group) is 1. The maximum absolute atomic E-state index is 5.82. The van der Waals surface area contributed by atoms with Crippen molar-refractivity contribution in [2.45, 2.75) is 39.4 Å². The number of hydrogen-bond donors (Lipinski definition) is 0. The maximum atomic E-state index is 5.82. The van der Waals surface area contributed by atoms with E-state index >= 15 is 0 Å². The Morgan fingerprint density at radius 1 is 1.19 bits per heavy atom. The summed E-state index contributed by atoms with van der Waals surface area (Å²) in [7, 11) is 2.09. The number of hydrogen-bond acceptors (Lipinski definition) is 6. The van der Waals surface area contributed by atoms with Crippen LogP contribution >= 0.6 is 0 Å². The van der Waals surface area contributed by atoms with Crippen molar-refractivity contribution in [1.82, 2.24) is 19.9 Å². The monoisotopic (exact) mass is 355 g/mol. The molecule has 1 saturated heterocycles. The molecule has 0 saturated carbocycles. The Kier molecular flexibility index (Phi) is 6.16. The highest BCUT2D eigenvalue weighted by atomic mass is 16.5. The number of morpholine rings is 1. The standard InChI is InChI=1S/C20H29N5O/c1-5-17-12-19(23-20(22-17)18-8-6-7-9-21-18)24(4)10-11-25-13-15(2)26-16(3)14-25/h6-9,12,15-16H,5,10-11,13-14H2,1-4H3/t15-,16+. The predicted octanol–water partition coefficient (Wildman–Crippen LogP) is 2.65. The normalized spacial score (nSPS) is 20.9. The van der Waals surface area contributed by atoms with Crippen LogP contribution in [0, 0.1) is 0 Å². The lowest BCUT2D eigenvalue weighted by Gasteiger charge is -2.36. The molecule has 0 radical (unpaired) electrons. The first-order valence-electron chi connectivity index (χ1n) is 9.43. The van der Waals surface area contributed by atoms with Gasteiger partial charge in [0.05, 0.1) is 12.2 Å². The number of rotatable bonds is 6. The summed E-state index contributed by atoms with van der Waals surface area (Å²) in [5.41, 5.74) is 1.85. The summed E-state index contributed by atoms with van der Waals surface area (Å²) in [6.07, 6.45) is 3.25. The number of pyridine rings is 1. The van der Waals surface area contributed by atoms with Crippen LogP contribution in [-0.4, -0.2) is 65.3 Å². The summed E-state index contributed by atoms with van der Waals surface area (Å²) >= 11 is 0. The van der Waals surface area contributed by atoms with Crippen molar-refractivity contribution >= 4 is 5.82 Å². The van der Waals surface area contributed by atoms with Crippen molar-refractivity contribution in [2.24, 2.45) is 0 Å². The molecular weight excluding hydrogens is 326 g/mol. The Bertz CT molecular complexity index is 699. The zero-order valence-electron chi connectivity index (χ0n) is 16.2. The lowest BCUT2D eigenvalue weighted by molar-refractivity contribution is -0.0670. The first-order chi connectivity index (χ1) is 12.5. The van der Waals surface area contributed by atoms with Crippen LogP contribution in [0.1, 0.15) is 26.5 Å². The summed E-state index contributed by atoms with van der Waals surface area (Å²) in [6.45, 7) is 10.3. The third kappa shape index (κ3) is 4.77. The average molecular weight is 355 g/mol. The van der Waals surface area contributed by atoms with E-state index < -0.39 is 0 Å². The van der Waals surface area contributed by atoms with E-state index in [2.05, 4.69) is 53.7 Å². The zero-order chi connectivity index (χ0) is 18.5. The molecule has 140 valence electrons. The van der Waals surface area contributed by atoms with Gasteiger partial charge < -0.3 is 9.64 Å². The number of aryl methyl sites for hydroxylation is 1. The molecule has 0 aromatic carbocycles. The van der Waals surface area contributed by atoms with Gasteiger partial charge in [0.1, 0.15) is 11.5 Å². The van der Waals surface area contributed by atoms with E-state index in [4.69, 9.17) is 9.72 Å². The second-order valence-corrected chi connectivity index (χ2v) is 7.05. The molecule has 0 unspecified atom stereocenters. The van der Waals surface area contributed by atoms with Crippen LogP contribution in [0.15, 0.2) is 30.5 Å². The molecule has 26 heavy (non-hydrogen) atoms. The van der Waals surface area contributed by atoms with Gasteiger partial charge in [-0.2, -0.15) is 0 Å². The fourth-order valence-corrected chi connectivity index (χ4v) is 3.34. The Morgan fingerprint density at radius 2 is 1.96 bits per heavy atom. The topological polar surface area (TPSA) is 54.4 Å². The molecule has 1 aliphatic heterocycles. The highest BCUT2D eigenvalue weighted by Crippen LogP contribution is 2.19. The summed E-state index contributed by atoms with van der Waals surface area (Å²) in [4.78, 5) is 18.5. The van der Waals surface area contributed by atoms with Gasteiger partial charge in [0.2, 0.25) is 0 Å². The van der Waals surface area contributed by atoms with E-state index in [1.807, 2.05) is 18.2 Å². The van der Waals surface area contributed by atoms with Gasteiger partial charge in [0.15, 0.2) is 5.82 Å². The Morgan fingerprint density at radius 3 is 2.62 bits per heavy atom. The lowest BCUT2D eigenvalue weighted by Crippen LogP contribution is -2.47. The number of anilines is 1. The molecule has 0 spiro atoms. The van der Waals surface area contributed by atoms with Gasteiger partial charge in [0.25, 0.3) is 0 Å². The molecule has 2 aromatic heterocycles. The minimum Gasteiger partial charge on any atom is -0.373 e. The fourth-order valence-electron chi connectivity index (χ4n) is 3.34. The molecule has 1 fully saturated rings. The molecule has 2 aromatic rings. The molecule has 0 bridgehead atoms. The molecule has 6 nitrogen and oxygen atoms in total. The molecular formula is C20H29N5O. The van der Waals surface area contributed by atoms with E-state index in [9.17, 15) is 0 Å². The van der Waals surface area contributed by atoms with E-state index in [0.717, 1.165) is 49.8 Å². The van der Waals surface area contributed by atoms with Crippen molar-refractivity contribution < 1.29 is 4.74 Å². The second kappa shape index (κ2) is 8.56. The minimum atomic E-state index is 0.297. The first-order valence-corrected chi connectivity index (χ1v) is 9.43. The Balaban J connectivity index is 1.71. The van der Waals surface area contributed by atoms with Crippen molar-refractivity contribution in [3.8, 4) is 11.5 Å². The highest BCUT2D eigenvalue weighted by Gasteiger charge is 2.22. The molecule has 0 aliphatic carbocycles. The van der Waals surface area contributed by atoms with Crippen LogP contribution in [0.2, 0.25) is 0 Å². The van der Waals surface area contributed by atoms with Gasteiger partial charge >= 0.3 is 0 Å². The number of nitrogens with zero attached hydrogens (tertiary/aromatic N) is 5. The maximum Gasteiger partial charge on any atom is 0.180 e. The van der Waals surface area contributed by atoms with Gasteiger partial charge in [-0.3, -0.25) is 9.88 Å². The van der Waals surface area contributed by atoms with E-state index in [1.54, 1.807) is 6.20 Å². The van der Waals surface area contributed by atoms with Crippen LogP contribution in [-0.2, 0) is 11.2 Å². The summed E-state index contributed by atoms with van der Waals surface area (Å²) in [6, 6.07) is 7.91. The smallest absolute Gasteiger partial charge is 0.180 e. The first kappa shape index (κ1) is 18.7. The van der Waals surface area contributed by atoms with Crippen molar-refractivity contribution in [2.75, 3.05) is 38.1 Å². The van der Waals surface area contributed by atoms with E-state index in [1.165, 1.54) is 0 Å². The Hall–Kier alpha value is -2.05. The van der Waals surface area contributed by atoms with Crippen LogP contribution in [0.25, 0.3) is 11.5 Å². The van der Waals surface area contributed by atoms with Gasteiger partial charge in [-0.15, -0.1) is 0 Å². The lowest BCUT2D eigenvalue weighted by atomic mass is 10.2. The summed E-state index contributed by atoms with van der Waals surface area (Å²) in [5, 5.41) is 0. The average Bonchev–Trinajstić information content (AvgIpc) is 2.65. The van der Waals surface area contributed by atoms with Crippen LogP contribution < -0.4 is 4.90 Å². The summed E-state index contributed by atoms with van der Waals surface area (Å²) in [5.74, 6) is 1.65. The van der Waals surface area contributed by atoms with Crippen molar-refractivity contribution in [3.63, 3.8) is 0 Å². The van der Waals surface area contributed by atoms with E-state index in [-0.39, 0.29) is 0 Å². The molecule has 3 heterocycles. The minimum absolute atomic E-state index is 0.297. The van der Waals surface area contributed by atoms with Crippen molar-refractivity contribution in [1.29, 1.82) is 0 Å². The third-order valence-corrected chi connectivity index (χ3v) is 4.66. The largest absolute Gasteiger partial charge is 0.373 e. The van der Waals surface area contributed by atoms with Crippen LogP contribution in [0.3, 0.4) is 0 Å². The molecule has 0 amide bonds. The molecule has 0 N–H and O–H groups in total. The molecule has 1 aliphatic rings. The van der Waals surface area contributed by atoms with Gasteiger partial charge in [0, 0.05) is 51.2 Å². The van der Waals surface area contributed by atoms with Gasteiger partial charge in [-0.1, -0.05) is 13.0 Å². The van der Waals surface area contributed by atoms with Gasteiger partial charge in [-0.05, 0) is 32.4 Å². The summed E-state index contributed by atoms with van der Waals surface area (Å²) < 4.78 is 5.82. The molecule has 3 rings (SSSR count). The van der Waals surface area contributed by atoms with Crippen molar-refractivity contribution in [3.05, 3.63) is 36.2 Å². The highest BCUT2D eigenvalue weighted by molar-refractivity contribution is 5.53. The third-order valence-electron chi connectivity index (χ3n) is 4.66. The number of ether oxygens (including phenoxy) is 1. The van der Waals surface area contributed by atoms with E-state index in [0.29, 0.717) is 18.0 Å². The molecule has 2 atom stereocenters. The van der Waals surface area contributed by atoms with Crippen LogP contribution in [0.5, 0.6) is 0 Å². The van der Waals surface area contributed by atoms with Crippen LogP contribution in [0.4, 0.5) is 5.82 Å². The predicted molar refractivity (Wildman–Crippen MR) is 104 cm³/mol.